The van der Waals surface area contributed by atoms with E-state index >= 15 is 0 Å². The minimum absolute atomic E-state index is 0.443. The molecule has 1 fully saturated rings. The minimum atomic E-state index is 0.443. The molecule has 0 unspecified atom stereocenters. The van der Waals surface area contributed by atoms with Crippen LogP contribution in [-0.2, 0) is 6.54 Å². The van der Waals surface area contributed by atoms with Crippen molar-refractivity contribution in [3.63, 3.8) is 0 Å². The first-order valence-electron chi connectivity index (χ1n) is 7.37. The van der Waals surface area contributed by atoms with E-state index in [4.69, 9.17) is 0 Å². The lowest BCUT2D eigenvalue weighted by Gasteiger charge is -2.23. The van der Waals surface area contributed by atoms with E-state index in [-0.39, 0.29) is 0 Å². The third-order valence-electron chi connectivity index (χ3n) is 4.15. The zero-order valence-corrected chi connectivity index (χ0v) is 12.6. The van der Waals surface area contributed by atoms with E-state index in [9.17, 15) is 0 Å². The predicted octanol–water partition coefficient (Wildman–Crippen LogP) is 4.03. The van der Waals surface area contributed by atoms with Crippen molar-refractivity contribution in [2.75, 3.05) is 6.54 Å². The zero-order valence-electron chi connectivity index (χ0n) is 11.8. The number of hydrogen-bond acceptors (Lipinski definition) is 4. The fourth-order valence-corrected chi connectivity index (χ4v) is 4.25. The molecule has 3 nitrogen and oxygen atoms in total. The van der Waals surface area contributed by atoms with Gasteiger partial charge in [0.25, 0.3) is 0 Å². The smallest absolute Gasteiger partial charge is 0.115 e. The highest BCUT2D eigenvalue weighted by Crippen LogP contribution is 2.34. The van der Waals surface area contributed by atoms with Gasteiger partial charge in [0.15, 0.2) is 0 Å². The molecule has 1 saturated heterocycles. The normalized spacial score (nSPS) is 19.3. The SMILES string of the molecule is c1ccc2sc(CN3CCC[C@@H]3c3ccncn3)cc2c1. The standard InChI is InChI=1S/C17H17N3S/c1-2-6-17-13(4-1)10-14(21-17)11-20-9-3-5-16(20)15-7-8-18-12-19-15/h1-2,4,6-8,10,12,16H,3,5,9,11H2/t16-/m1/s1. The Morgan fingerprint density at radius 2 is 2.19 bits per heavy atom. The second-order valence-corrected chi connectivity index (χ2v) is 6.68. The van der Waals surface area contributed by atoms with Crippen LogP contribution in [-0.4, -0.2) is 21.4 Å². The van der Waals surface area contributed by atoms with Gasteiger partial charge in [-0.05, 0) is 43.0 Å². The van der Waals surface area contributed by atoms with Crippen LogP contribution in [0.1, 0.15) is 29.5 Å². The van der Waals surface area contributed by atoms with Gasteiger partial charge in [-0.3, -0.25) is 4.90 Å². The Morgan fingerprint density at radius 1 is 1.24 bits per heavy atom. The molecule has 1 aliphatic rings. The van der Waals surface area contributed by atoms with Crippen LogP contribution in [0.3, 0.4) is 0 Å². The first-order chi connectivity index (χ1) is 10.4. The molecule has 0 amide bonds. The Bertz CT molecular complexity index is 705. The van der Waals surface area contributed by atoms with Crippen molar-refractivity contribution in [1.29, 1.82) is 0 Å². The first kappa shape index (κ1) is 12.9. The summed E-state index contributed by atoms with van der Waals surface area (Å²) in [5.74, 6) is 0. The lowest BCUT2D eigenvalue weighted by molar-refractivity contribution is 0.246. The molecule has 0 spiro atoms. The molecule has 1 aliphatic heterocycles. The van der Waals surface area contributed by atoms with Gasteiger partial charge < -0.3 is 0 Å². The molecule has 3 aromatic rings. The highest BCUT2D eigenvalue weighted by Gasteiger charge is 2.27. The van der Waals surface area contributed by atoms with Gasteiger partial charge in [0.2, 0.25) is 0 Å². The van der Waals surface area contributed by atoms with E-state index in [1.54, 1.807) is 6.33 Å². The fraction of sp³-hybridized carbons (Fsp3) is 0.294. The topological polar surface area (TPSA) is 29.0 Å². The van der Waals surface area contributed by atoms with Crippen molar-refractivity contribution in [1.82, 2.24) is 14.9 Å². The van der Waals surface area contributed by atoms with Gasteiger partial charge in [0.1, 0.15) is 6.33 Å². The molecule has 0 N–H and O–H groups in total. The van der Waals surface area contributed by atoms with Crippen molar-refractivity contribution < 1.29 is 0 Å². The van der Waals surface area contributed by atoms with Crippen LogP contribution in [0.15, 0.2) is 48.9 Å². The lowest BCUT2D eigenvalue weighted by atomic mass is 10.1. The highest BCUT2D eigenvalue weighted by atomic mass is 32.1. The summed E-state index contributed by atoms with van der Waals surface area (Å²) in [4.78, 5) is 12.5. The second-order valence-electron chi connectivity index (χ2n) is 5.51. The van der Waals surface area contributed by atoms with E-state index in [1.165, 1.54) is 27.8 Å². The summed E-state index contributed by atoms with van der Waals surface area (Å²) in [7, 11) is 0. The summed E-state index contributed by atoms with van der Waals surface area (Å²) in [6.45, 7) is 2.18. The van der Waals surface area contributed by atoms with E-state index in [0.29, 0.717) is 6.04 Å². The number of thiophene rings is 1. The van der Waals surface area contributed by atoms with Gasteiger partial charge in [-0.1, -0.05) is 18.2 Å². The molecular weight excluding hydrogens is 278 g/mol. The Labute approximate surface area is 128 Å². The molecule has 0 saturated carbocycles. The van der Waals surface area contributed by atoms with Gasteiger partial charge in [-0.25, -0.2) is 9.97 Å². The lowest BCUT2D eigenvalue weighted by Crippen LogP contribution is -2.22. The van der Waals surface area contributed by atoms with Crippen LogP contribution in [0, 0.1) is 0 Å². The summed E-state index contributed by atoms with van der Waals surface area (Å²) >= 11 is 1.91. The fourth-order valence-electron chi connectivity index (χ4n) is 3.16. The molecule has 3 heterocycles. The van der Waals surface area contributed by atoms with Gasteiger partial charge >= 0.3 is 0 Å². The zero-order chi connectivity index (χ0) is 14.1. The Kier molecular flexibility index (Phi) is 3.41. The molecule has 1 atom stereocenters. The summed E-state index contributed by atoms with van der Waals surface area (Å²) in [6, 6.07) is 13.4. The number of fused-ring (bicyclic) bond motifs is 1. The van der Waals surface area contributed by atoms with Crippen LogP contribution < -0.4 is 0 Å². The quantitative estimate of drug-likeness (QED) is 0.730. The van der Waals surface area contributed by atoms with Crippen molar-refractivity contribution in [2.24, 2.45) is 0 Å². The van der Waals surface area contributed by atoms with E-state index in [1.807, 2.05) is 23.6 Å². The van der Waals surface area contributed by atoms with Crippen LogP contribution in [0.4, 0.5) is 0 Å². The molecule has 0 bridgehead atoms. The predicted molar refractivity (Wildman–Crippen MR) is 86.2 cm³/mol. The molecule has 2 aromatic heterocycles. The summed E-state index contributed by atoms with van der Waals surface area (Å²) in [5, 5.41) is 1.36. The van der Waals surface area contributed by atoms with Crippen LogP contribution in [0.5, 0.6) is 0 Å². The molecule has 21 heavy (non-hydrogen) atoms. The number of likely N-dealkylation sites (tertiary alicyclic amines) is 1. The number of benzene rings is 1. The van der Waals surface area contributed by atoms with E-state index in [2.05, 4.69) is 45.2 Å². The van der Waals surface area contributed by atoms with Crippen molar-refractivity contribution in [3.8, 4) is 0 Å². The molecule has 4 rings (SSSR count). The third-order valence-corrected chi connectivity index (χ3v) is 5.25. The Morgan fingerprint density at radius 3 is 3.05 bits per heavy atom. The van der Waals surface area contributed by atoms with Crippen LogP contribution in [0.25, 0.3) is 10.1 Å². The maximum atomic E-state index is 4.45. The summed E-state index contributed by atoms with van der Waals surface area (Å²) in [6.07, 6.45) is 5.95. The third kappa shape index (κ3) is 2.57. The molecule has 0 radical (unpaired) electrons. The number of hydrogen-bond donors (Lipinski definition) is 0. The maximum Gasteiger partial charge on any atom is 0.115 e. The molecular formula is C17H17N3S. The molecule has 106 valence electrons. The number of nitrogens with zero attached hydrogens (tertiary/aromatic N) is 3. The number of aromatic nitrogens is 2. The van der Waals surface area contributed by atoms with Gasteiger partial charge in [-0.15, -0.1) is 11.3 Å². The first-order valence-corrected chi connectivity index (χ1v) is 8.19. The number of rotatable bonds is 3. The Hall–Kier alpha value is -1.78. The molecule has 1 aromatic carbocycles. The average molecular weight is 295 g/mol. The second kappa shape index (κ2) is 5.54. The Balaban J connectivity index is 1.58. The van der Waals surface area contributed by atoms with Gasteiger partial charge in [0.05, 0.1) is 11.7 Å². The molecule has 4 heteroatoms. The van der Waals surface area contributed by atoms with Crippen LogP contribution in [0.2, 0.25) is 0 Å². The molecule has 0 aliphatic carbocycles. The van der Waals surface area contributed by atoms with Gasteiger partial charge in [0, 0.05) is 22.3 Å². The monoisotopic (exact) mass is 295 g/mol. The van der Waals surface area contributed by atoms with E-state index < -0.39 is 0 Å². The minimum Gasteiger partial charge on any atom is -0.290 e. The summed E-state index contributed by atoms with van der Waals surface area (Å²) < 4.78 is 1.38. The van der Waals surface area contributed by atoms with Crippen LogP contribution >= 0.6 is 11.3 Å². The average Bonchev–Trinajstić information content (AvgIpc) is 3.14. The highest BCUT2D eigenvalue weighted by molar-refractivity contribution is 7.19. The van der Waals surface area contributed by atoms with Crippen molar-refractivity contribution >= 4 is 21.4 Å². The van der Waals surface area contributed by atoms with Crippen molar-refractivity contribution in [2.45, 2.75) is 25.4 Å². The summed E-state index contributed by atoms with van der Waals surface area (Å²) in [5.41, 5.74) is 1.16. The maximum absolute atomic E-state index is 4.45. The largest absolute Gasteiger partial charge is 0.290 e. The van der Waals surface area contributed by atoms with Crippen molar-refractivity contribution in [3.05, 3.63) is 59.5 Å². The van der Waals surface area contributed by atoms with E-state index in [0.717, 1.165) is 18.8 Å². The van der Waals surface area contributed by atoms with Gasteiger partial charge in [-0.2, -0.15) is 0 Å².